The largest absolute Gasteiger partial charge is 0.356 e. The van der Waals surface area contributed by atoms with Crippen LogP contribution in [0.15, 0.2) is 35.2 Å². The standard InChI is InChI=1S/C24H37N3O3S/c28-24(25-18-21-7-6-16-27-15-5-4-10-23(21)27)20-13-11-19(12-14-20)17-26-31(29,30)22-8-2-1-3-9-22/h1-3,8-9,19-21,23,26H,4-7,10-18H2,(H,25,28)/t19?,20?,21-,23+/m0/s1. The summed E-state index contributed by atoms with van der Waals surface area (Å²) in [6.07, 6.45) is 9.91. The maximum absolute atomic E-state index is 12.8. The monoisotopic (exact) mass is 447 g/mol. The van der Waals surface area contributed by atoms with Crippen molar-refractivity contribution in [3.05, 3.63) is 30.3 Å². The Kier molecular flexibility index (Phi) is 7.67. The Bertz CT molecular complexity index is 820. The van der Waals surface area contributed by atoms with Gasteiger partial charge in [-0.05, 0) is 88.4 Å². The van der Waals surface area contributed by atoms with Crippen LogP contribution in [0.2, 0.25) is 0 Å². The van der Waals surface area contributed by atoms with E-state index in [1.54, 1.807) is 24.3 Å². The normalized spacial score (nSPS) is 29.8. The number of fused-ring (bicyclic) bond motifs is 1. The number of carbonyl (C=O) groups excluding carboxylic acids is 1. The third-order valence-electron chi connectivity index (χ3n) is 7.60. The number of amides is 1. The van der Waals surface area contributed by atoms with E-state index in [4.69, 9.17) is 0 Å². The van der Waals surface area contributed by atoms with Gasteiger partial charge in [-0.15, -0.1) is 0 Å². The minimum Gasteiger partial charge on any atom is -0.356 e. The van der Waals surface area contributed by atoms with Gasteiger partial charge in [-0.1, -0.05) is 24.6 Å². The van der Waals surface area contributed by atoms with Gasteiger partial charge < -0.3 is 10.2 Å². The van der Waals surface area contributed by atoms with Crippen LogP contribution in [0, 0.1) is 17.8 Å². The molecule has 2 N–H and O–H groups in total. The van der Waals surface area contributed by atoms with Crippen LogP contribution in [0.5, 0.6) is 0 Å². The van der Waals surface area contributed by atoms with Crippen molar-refractivity contribution in [3.8, 4) is 0 Å². The summed E-state index contributed by atoms with van der Waals surface area (Å²) in [5.74, 6) is 1.18. The van der Waals surface area contributed by atoms with E-state index in [9.17, 15) is 13.2 Å². The first-order valence-electron chi connectivity index (χ1n) is 12.1. The van der Waals surface area contributed by atoms with Crippen molar-refractivity contribution < 1.29 is 13.2 Å². The zero-order valence-corrected chi connectivity index (χ0v) is 19.3. The van der Waals surface area contributed by atoms with Crippen molar-refractivity contribution in [1.29, 1.82) is 0 Å². The van der Waals surface area contributed by atoms with E-state index >= 15 is 0 Å². The van der Waals surface area contributed by atoms with E-state index < -0.39 is 10.0 Å². The Morgan fingerprint density at radius 2 is 1.65 bits per heavy atom. The number of nitrogens with one attached hydrogen (secondary N) is 2. The molecule has 1 saturated carbocycles. The van der Waals surface area contributed by atoms with Gasteiger partial charge in [-0.2, -0.15) is 0 Å². The van der Waals surface area contributed by atoms with Crippen LogP contribution in [0.25, 0.3) is 0 Å². The molecule has 2 heterocycles. The van der Waals surface area contributed by atoms with Crippen LogP contribution in [-0.4, -0.2) is 51.4 Å². The first-order valence-corrected chi connectivity index (χ1v) is 13.6. The van der Waals surface area contributed by atoms with Gasteiger partial charge in [0.1, 0.15) is 0 Å². The molecule has 1 aliphatic carbocycles. The molecule has 172 valence electrons. The average Bonchev–Trinajstić information content (AvgIpc) is 2.82. The van der Waals surface area contributed by atoms with Crippen molar-refractivity contribution in [3.63, 3.8) is 0 Å². The van der Waals surface area contributed by atoms with Crippen LogP contribution >= 0.6 is 0 Å². The minimum atomic E-state index is -3.45. The number of rotatable bonds is 7. The molecule has 31 heavy (non-hydrogen) atoms. The van der Waals surface area contributed by atoms with Crippen LogP contribution in [0.3, 0.4) is 0 Å². The van der Waals surface area contributed by atoms with Crippen molar-refractivity contribution in [2.75, 3.05) is 26.2 Å². The SMILES string of the molecule is O=C(NC[C@@H]1CCCN2CCCC[C@H]12)C1CCC(CNS(=O)(=O)c2ccccc2)CC1. The summed E-state index contributed by atoms with van der Waals surface area (Å²) in [4.78, 5) is 15.7. The lowest BCUT2D eigenvalue weighted by Crippen LogP contribution is -2.51. The Morgan fingerprint density at radius 3 is 2.42 bits per heavy atom. The van der Waals surface area contributed by atoms with Gasteiger partial charge in [0, 0.05) is 25.0 Å². The summed E-state index contributed by atoms with van der Waals surface area (Å²) in [5, 5.41) is 3.27. The highest BCUT2D eigenvalue weighted by Gasteiger charge is 2.34. The fourth-order valence-electron chi connectivity index (χ4n) is 5.73. The fraction of sp³-hybridized carbons (Fsp3) is 0.708. The number of carbonyl (C=O) groups is 1. The predicted molar refractivity (Wildman–Crippen MR) is 122 cm³/mol. The number of benzene rings is 1. The summed E-state index contributed by atoms with van der Waals surface area (Å²) in [6.45, 7) is 3.72. The highest BCUT2D eigenvalue weighted by Crippen LogP contribution is 2.31. The third kappa shape index (κ3) is 5.88. The molecule has 4 rings (SSSR count). The number of hydrogen-bond donors (Lipinski definition) is 2. The van der Waals surface area contributed by atoms with E-state index in [1.165, 1.54) is 45.2 Å². The molecule has 3 fully saturated rings. The third-order valence-corrected chi connectivity index (χ3v) is 9.04. The Labute approximate surface area is 187 Å². The second-order valence-corrected chi connectivity index (χ2v) is 11.4. The molecule has 0 spiro atoms. The van der Waals surface area contributed by atoms with E-state index in [0.29, 0.717) is 29.3 Å². The highest BCUT2D eigenvalue weighted by molar-refractivity contribution is 7.89. The van der Waals surface area contributed by atoms with Gasteiger partial charge in [-0.3, -0.25) is 4.79 Å². The van der Waals surface area contributed by atoms with E-state index in [0.717, 1.165) is 32.2 Å². The van der Waals surface area contributed by atoms with Gasteiger partial charge in [0.2, 0.25) is 15.9 Å². The second kappa shape index (κ2) is 10.5. The zero-order chi connectivity index (χ0) is 21.7. The van der Waals surface area contributed by atoms with Crippen LogP contribution < -0.4 is 10.0 Å². The molecule has 0 radical (unpaired) electrons. The Balaban J connectivity index is 1.18. The molecule has 3 aliphatic rings. The van der Waals surface area contributed by atoms with E-state index in [1.807, 2.05) is 6.07 Å². The summed E-state index contributed by atoms with van der Waals surface area (Å²) in [6, 6.07) is 9.17. The van der Waals surface area contributed by atoms with Gasteiger partial charge >= 0.3 is 0 Å². The molecule has 0 bridgehead atoms. The van der Waals surface area contributed by atoms with Crippen molar-refractivity contribution in [2.45, 2.75) is 68.7 Å². The van der Waals surface area contributed by atoms with Gasteiger partial charge in [0.25, 0.3) is 0 Å². The number of piperidine rings is 2. The smallest absolute Gasteiger partial charge is 0.240 e. The molecular formula is C24H37N3O3S. The lowest BCUT2D eigenvalue weighted by Gasteiger charge is -2.44. The Hall–Kier alpha value is -1.44. The molecule has 6 nitrogen and oxygen atoms in total. The van der Waals surface area contributed by atoms with Crippen molar-refractivity contribution in [2.24, 2.45) is 17.8 Å². The molecule has 0 unspecified atom stereocenters. The van der Waals surface area contributed by atoms with E-state index in [-0.39, 0.29) is 11.8 Å². The van der Waals surface area contributed by atoms with Gasteiger partial charge in [0.15, 0.2) is 0 Å². The van der Waals surface area contributed by atoms with Gasteiger partial charge in [0.05, 0.1) is 4.90 Å². The molecule has 1 aromatic rings. The first kappa shape index (κ1) is 22.7. The zero-order valence-electron chi connectivity index (χ0n) is 18.5. The topological polar surface area (TPSA) is 78.5 Å². The summed E-state index contributed by atoms with van der Waals surface area (Å²) in [5.41, 5.74) is 0. The van der Waals surface area contributed by atoms with E-state index in [2.05, 4.69) is 14.9 Å². The number of nitrogens with zero attached hydrogens (tertiary/aromatic N) is 1. The van der Waals surface area contributed by atoms with Crippen LogP contribution in [0.4, 0.5) is 0 Å². The molecule has 7 heteroatoms. The van der Waals surface area contributed by atoms with Gasteiger partial charge in [-0.25, -0.2) is 13.1 Å². The Morgan fingerprint density at radius 1 is 0.903 bits per heavy atom. The molecule has 2 aliphatic heterocycles. The van der Waals surface area contributed by atoms with Crippen LogP contribution in [0.1, 0.15) is 57.8 Å². The lowest BCUT2D eigenvalue weighted by atomic mass is 9.81. The maximum Gasteiger partial charge on any atom is 0.240 e. The predicted octanol–water partition coefficient (Wildman–Crippen LogP) is 3.15. The fourth-order valence-corrected chi connectivity index (χ4v) is 6.87. The molecule has 2 atom stereocenters. The molecule has 1 amide bonds. The molecular weight excluding hydrogens is 410 g/mol. The lowest BCUT2D eigenvalue weighted by molar-refractivity contribution is -0.126. The highest BCUT2D eigenvalue weighted by atomic mass is 32.2. The summed E-state index contributed by atoms with van der Waals surface area (Å²) in [7, 11) is -3.45. The number of sulfonamides is 1. The molecule has 0 aromatic heterocycles. The first-order chi connectivity index (χ1) is 15.0. The average molecular weight is 448 g/mol. The van der Waals surface area contributed by atoms with Crippen LogP contribution in [-0.2, 0) is 14.8 Å². The summed E-state index contributed by atoms with van der Waals surface area (Å²) >= 11 is 0. The number of hydrogen-bond acceptors (Lipinski definition) is 4. The van der Waals surface area contributed by atoms with Crippen molar-refractivity contribution >= 4 is 15.9 Å². The molecule has 1 aromatic carbocycles. The molecule has 2 saturated heterocycles. The maximum atomic E-state index is 12.8. The quantitative estimate of drug-likeness (QED) is 0.673. The second-order valence-electron chi connectivity index (χ2n) is 9.63. The minimum absolute atomic E-state index is 0.0769. The van der Waals surface area contributed by atoms with Crippen molar-refractivity contribution in [1.82, 2.24) is 14.9 Å². The summed E-state index contributed by atoms with van der Waals surface area (Å²) < 4.78 is 27.6.